The first kappa shape index (κ1) is 15.3. The maximum atomic E-state index is 13.3. The minimum atomic E-state index is -1.34. The Morgan fingerprint density at radius 3 is 2.71 bits per heavy atom. The highest BCUT2D eigenvalue weighted by atomic mass is 19.2. The summed E-state index contributed by atoms with van der Waals surface area (Å²) < 4.78 is 26.4. The fourth-order valence-corrected chi connectivity index (χ4v) is 2.43. The van der Waals surface area contributed by atoms with Gasteiger partial charge in [0.15, 0.2) is 11.6 Å². The minimum Gasteiger partial charge on any atom is -0.337 e. The second-order valence-electron chi connectivity index (χ2n) is 4.92. The summed E-state index contributed by atoms with van der Waals surface area (Å²) in [4.78, 5) is 23.8. The molecule has 1 N–H and O–H groups in total. The lowest BCUT2D eigenvalue weighted by Crippen LogP contribution is -2.47. The van der Waals surface area contributed by atoms with Gasteiger partial charge in [-0.25, -0.2) is 8.78 Å². The molecule has 1 aromatic carbocycles. The van der Waals surface area contributed by atoms with Crippen molar-refractivity contribution in [2.45, 2.75) is 18.9 Å². The van der Waals surface area contributed by atoms with Gasteiger partial charge < -0.3 is 10.2 Å². The molecule has 21 heavy (non-hydrogen) atoms. The van der Waals surface area contributed by atoms with Crippen LogP contribution in [-0.4, -0.2) is 41.9 Å². The Morgan fingerprint density at radius 2 is 2.10 bits per heavy atom. The third-order valence-corrected chi connectivity index (χ3v) is 3.58. The first-order chi connectivity index (χ1) is 9.93. The molecule has 0 spiro atoms. The topological polar surface area (TPSA) is 75.5 Å². The van der Waals surface area contributed by atoms with Gasteiger partial charge in [0.25, 0.3) is 11.6 Å². The zero-order valence-corrected chi connectivity index (χ0v) is 11.4. The highest BCUT2D eigenvalue weighted by molar-refractivity contribution is 5.98. The van der Waals surface area contributed by atoms with Crippen LogP contribution in [-0.2, 0) is 0 Å². The molecule has 1 fully saturated rings. The number of nitrogens with one attached hydrogen (secondary N) is 1. The van der Waals surface area contributed by atoms with E-state index < -0.39 is 33.7 Å². The zero-order valence-electron chi connectivity index (χ0n) is 11.4. The summed E-state index contributed by atoms with van der Waals surface area (Å²) in [5.41, 5.74) is -1.14. The summed E-state index contributed by atoms with van der Waals surface area (Å²) in [6, 6.07) is 1.13. The molecule has 1 aromatic rings. The van der Waals surface area contributed by atoms with E-state index in [0.717, 1.165) is 12.8 Å². The molecule has 0 radical (unpaired) electrons. The van der Waals surface area contributed by atoms with Crippen molar-refractivity contribution < 1.29 is 18.5 Å². The van der Waals surface area contributed by atoms with Gasteiger partial charge in [0, 0.05) is 19.1 Å². The highest BCUT2D eigenvalue weighted by Crippen LogP contribution is 2.25. The van der Waals surface area contributed by atoms with E-state index in [2.05, 4.69) is 5.32 Å². The number of nitro benzene ring substituents is 1. The lowest BCUT2D eigenvalue weighted by atomic mass is 10.0. The van der Waals surface area contributed by atoms with E-state index in [1.54, 1.807) is 7.05 Å². The minimum absolute atomic E-state index is 0.0899. The number of carbonyl (C=O) groups is 1. The van der Waals surface area contributed by atoms with Gasteiger partial charge in [-0.1, -0.05) is 0 Å². The molecule has 8 heteroatoms. The van der Waals surface area contributed by atoms with E-state index in [1.807, 2.05) is 0 Å². The van der Waals surface area contributed by atoms with Crippen molar-refractivity contribution in [3.63, 3.8) is 0 Å². The molecule has 1 unspecified atom stereocenters. The van der Waals surface area contributed by atoms with Gasteiger partial charge in [0.2, 0.25) is 0 Å². The maximum absolute atomic E-state index is 13.3. The summed E-state index contributed by atoms with van der Waals surface area (Å²) in [6.07, 6.45) is 1.63. The highest BCUT2D eigenvalue weighted by Gasteiger charge is 2.30. The number of benzene rings is 1. The molecule has 6 nitrogen and oxygen atoms in total. The molecule has 0 aliphatic carbocycles. The summed E-state index contributed by atoms with van der Waals surface area (Å²) in [7, 11) is 1.76. The van der Waals surface area contributed by atoms with Gasteiger partial charge in [-0.05, 0) is 26.0 Å². The van der Waals surface area contributed by atoms with Crippen LogP contribution in [0.25, 0.3) is 0 Å². The number of carbonyl (C=O) groups excluding carboxylic acids is 1. The Labute approximate surface area is 119 Å². The van der Waals surface area contributed by atoms with Crippen molar-refractivity contribution in [2.24, 2.45) is 0 Å². The SMILES string of the molecule is CNC1CCCN(C(=O)c2cc(F)c(F)cc2[N+](=O)[O-])C1. The molecule has 1 saturated heterocycles. The average molecular weight is 299 g/mol. The largest absolute Gasteiger partial charge is 0.337 e. The molecule has 1 heterocycles. The summed E-state index contributed by atoms with van der Waals surface area (Å²) in [5, 5.41) is 14.0. The van der Waals surface area contributed by atoms with Gasteiger partial charge in [-0.15, -0.1) is 0 Å². The molecule has 0 aromatic heterocycles. The predicted molar refractivity (Wildman–Crippen MR) is 71.0 cm³/mol. The van der Waals surface area contributed by atoms with Crippen LogP contribution in [0.3, 0.4) is 0 Å². The molecular weight excluding hydrogens is 284 g/mol. The summed E-state index contributed by atoms with van der Waals surface area (Å²) >= 11 is 0. The number of piperidine rings is 1. The summed E-state index contributed by atoms with van der Waals surface area (Å²) in [6.45, 7) is 0.818. The third kappa shape index (κ3) is 3.15. The number of nitro groups is 1. The van der Waals surface area contributed by atoms with Crippen LogP contribution in [0.15, 0.2) is 12.1 Å². The van der Waals surface area contributed by atoms with Crippen molar-refractivity contribution in [3.05, 3.63) is 39.4 Å². The van der Waals surface area contributed by atoms with Crippen molar-refractivity contribution >= 4 is 11.6 Å². The molecule has 2 rings (SSSR count). The van der Waals surface area contributed by atoms with Crippen LogP contribution in [0, 0.1) is 21.7 Å². The molecule has 1 amide bonds. The fraction of sp³-hybridized carbons (Fsp3) is 0.462. The van der Waals surface area contributed by atoms with Gasteiger partial charge in [-0.3, -0.25) is 14.9 Å². The number of likely N-dealkylation sites (N-methyl/N-ethyl adjacent to an activating group) is 1. The second-order valence-corrected chi connectivity index (χ2v) is 4.92. The molecule has 114 valence electrons. The van der Waals surface area contributed by atoms with Crippen LogP contribution < -0.4 is 5.32 Å². The number of amides is 1. The quantitative estimate of drug-likeness (QED) is 0.681. The van der Waals surface area contributed by atoms with E-state index in [9.17, 15) is 23.7 Å². The molecular formula is C13H15F2N3O3. The van der Waals surface area contributed by atoms with Crippen LogP contribution in [0.1, 0.15) is 23.2 Å². The van der Waals surface area contributed by atoms with E-state index >= 15 is 0 Å². The van der Waals surface area contributed by atoms with Crippen molar-refractivity contribution in [3.8, 4) is 0 Å². The predicted octanol–water partition coefficient (Wildman–Crippen LogP) is 1.70. The number of halogens is 2. The van der Waals surface area contributed by atoms with Gasteiger partial charge in [0.1, 0.15) is 5.56 Å². The number of hydrogen-bond donors (Lipinski definition) is 1. The molecule has 0 bridgehead atoms. The Bertz CT molecular complexity index is 580. The molecule has 1 atom stereocenters. The van der Waals surface area contributed by atoms with Crippen LogP contribution >= 0.6 is 0 Å². The van der Waals surface area contributed by atoms with E-state index in [4.69, 9.17) is 0 Å². The first-order valence-electron chi connectivity index (χ1n) is 6.54. The average Bonchev–Trinajstić information content (AvgIpc) is 2.48. The van der Waals surface area contributed by atoms with Crippen LogP contribution in [0.4, 0.5) is 14.5 Å². The van der Waals surface area contributed by atoms with Gasteiger partial charge >= 0.3 is 0 Å². The Balaban J connectivity index is 2.34. The van der Waals surface area contributed by atoms with Crippen LogP contribution in [0.2, 0.25) is 0 Å². The molecule has 0 saturated carbocycles. The van der Waals surface area contributed by atoms with Gasteiger partial charge in [-0.2, -0.15) is 0 Å². The maximum Gasteiger partial charge on any atom is 0.285 e. The Kier molecular flexibility index (Phi) is 4.46. The van der Waals surface area contributed by atoms with E-state index in [-0.39, 0.29) is 6.04 Å². The lowest BCUT2D eigenvalue weighted by Gasteiger charge is -2.32. The Morgan fingerprint density at radius 1 is 1.43 bits per heavy atom. The van der Waals surface area contributed by atoms with Crippen molar-refractivity contribution in [1.29, 1.82) is 0 Å². The Hall–Kier alpha value is -2.09. The van der Waals surface area contributed by atoms with Gasteiger partial charge in [0.05, 0.1) is 11.0 Å². The molecule has 1 aliphatic rings. The molecule has 1 aliphatic heterocycles. The number of rotatable bonds is 3. The van der Waals surface area contributed by atoms with Crippen molar-refractivity contribution in [2.75, 3.05) is 20.1 Å². The van der Waals surface area contributed by atoms with Crippen LogP contribution in [0.5, 0.6) is 0 Å². The normalized spacial score (nSPS) is 18.6. The first-order valence-corrected chi connectivity index (χ1v) is 6.54. The van der Waals surface area contributed by atoms with Crippen molar-refractivity contribution in [1.82, 2.24) is 10.2 Å². The van der Waals surface area contributed by atoms with E-state index in [0.29, 0.717) is 25.2 Å². The van der Waals surface area contributed by atoms with E-state index in [1.165, 1.54) is 4.90 Å². The number of likely N-dealkylation sites (tertiary alicyclic amines) is 1. The second kappa shape index (κ2) is 6.13. The smallest absolute Gasteiger partial charge is 0.285 e. The lowest BCUT2D eigenvalue weighted by molar-refractivity contribution is -0.385. The summed E-state index contributed by atoms with van der Waals surface area (Å²) in [5.74, 6) is -3.27. The zero-order chi connectivity index (χ0) is 15.6. The third-order valence-electron chi connectivity index (χ3n) is 3.58. The number of hydrogen-bond acceptors (Lipinski definition) is 4. The standard InChI is InChI=1S/C13H15F2N3O3/c1-16-8-3-2-4-17(7-8)13(19)9-5-10(14)11(15)6-12(9)18(20)21/h5-6,8,16H,2-4,7H2,1H3. The number of nitrogens with zero attached hydrogens (tertiary/aromatic N) is 2. The fourth-order valence-electron chi connectivity index (χ4n) is 2.43. The monoisotopic (exact) mass is 299 g/mol.